The van der Waals surface area contributed by atoms with Gasteiger partial charge in [0.05, 0.1) is 10.7 Å². The van der Waals surface area contributed by atoms with Gasteiger partial charge in [-0.1, -0.05) is 66.2 Å². The van der Waals surface area contributed by atoms with E-state index in [0.717, 1.165) is 11.1 Å². The molecular formula is C19H13ClFNO. The Morgan fingerprint density at radius 1 is 0.870 bits per heavy atom. The number of rotatable bonds is 3. The van der Waals surface area contributed by atoms with Crippen molar-refractivity contribution in [1.82, 2.24) is 0 Å². The maximum absolute atomic E-state index is 14.0. The fourth-order valence-corrected chi connectivity index (χ4v) is 2.52. The minimum absolute atomic E-state index is 0.0286. The van der Waals surface area contributed by atoms with Crippen molar-refractivity contribution >= 4 is 23.2 Å². The first-order valence-electron chi connectivity index (χ1n) is 7.06. The first-order valence-corrected chi connectivity index (χ1v) is 7.44. The van der Waals surface area contributed by atoms with Crippen molar-refractivity contribution in [2.45, 2.75) is 0 Å². The van der Waals surface area contributed by atoms with Gasteiger partial charge in [0, 0.05) is 5.56 Å². The molecule has 114 valence electrons. The molecule has 1 amide bonds. The van der Waals surface area contributed by atoms with Gasteiger partial charge in [-0.2, -0.15) is 0 Å². The van der Waals surface area contributed by atoms with Gasteiger partial charge >= 0.3 is 0 Å². The van der Waals surface area contributed by atoms with Crippen LogP contribution in [0.3, 0.4) is 0 Å². The Hall–Kier alpha value is -2.65. The number of hydrogen-bond acceptors (Lipinski definition) is 1. The highest BCUT2D eigenvalue weighted by molar-refractivity contribution is 6.31. The highest BCUT2D eigenvalue weighted by Crippen LogP contribution is 2.26. The lowest BCUT2D eigenvalue weighted by atomic mass is 9.99. The summed E-state index contributed by atoms with van der Waals surface area (Å²) in [6.07, 6.45) is 0. The van der Waals surface area contributed by atoms with E-state index in [4.69, 9.17) is 11.6 Å². The van der Waals surface area contributed by atoms with Crippen molar-refractivity contribution in [2.24, 2.45) is 0 Å². The second-order valence-electron chi connectivity index (χ2n) is 4.97. The fraction of sp³-hybridized carbons (Fsp3) is 0. The van der Waals surface area contributed by atoms with Crippen LogP contribution < -0.4 is 5.32 Å². The van der Waals surface area contributed by atoms with Crippen LogP contribution in [0.1, 0.15) is 10.4 Å². The van der Waals surface area contributed by atoms with E-state index in [-0.39, 0.29) is 16.6 Å². The lowest BCUT2D eigenvalue weighted by molar-refractivity contribution is 0.102. The quantitative estimate of drug-likeness (QED) is 0.686. The third kappa shape index (κ3) is 3.25. The van der Waals surface area contributed by atoms with Gasteiger partial charge in [0.2, 0.25) is 0 Å². The topological polar surface area (TPSA) is 29.1 Å². The zero-order valence-electron chi connectivity index (χ0n) is 12.1. The lowest BCUT2D eigenvalue weighted by Crippen LogP contribution is -2.14. The maximum Gasteiger partial charge on any atom is 0.256 e. The molecule has 23 heavy (non-hydrogen) atoms. The summed E-state index contributed by atoms with van der Waals surface area (Å²) in [7, 11) is 0. The summed E-state index contributed by atoms with van der Waals surface area (Å²) in [6, 6.07) is 21.3. The summed E-state index contributed by atoms with van der Waals surface area (Å²) in [4.78, 5) is 12.6. The minimum atomic E-state index is -0.639. The van der Waals surface area contributed by atoms with Crippen LogP contribution >= 0.6 is 11.6 Å². The fourth-order valence-electron chi connectivity index (χ4n) is 2.34. The monoisotopic (exact) mass is 325 g/mol. The molecule has 0 radical (unpaired) electrons. The van der Waals surface area contributed by atoms with Gasteiger partial charge in [-0.25, -0.2) is 4.39 Å². The molecule has 0 fully saturated rings. The van der Waals surface area contributed by atoms with E-state index in [9.17, 15) is 9.18 Å². The average molecular weight is 326 g/mol. The number of hydrogen-bond donors (Lipinski definition) is 1. The molecule has 2 nitrogen and oxygen atoms in total. The first-order chi connectivity index (χ1) is 11.2. The van der Waals surface area contributed by atoms with Crippen molar-refractivity contribution in [3.05, 3.63) is 89.2 Å². The second-order valence-corrected chi connectivity index (χ2v) is 5.37. The van der Waals surface area contributed by atoms with E-state index in [1.54, 1.807) is 18.2 Å². The molecule has 3 aromatic rings. The van der Waals surface area contributed by atoms with Crippen LogP contribution in [0.4, 0.5) is 10.1 Å². The average Bonchev–Trinajstić information content (AvgIpc) is 2.60. The Bertz CT molecular complexity index is 849. The smallest absolute Gasteiger partial charge is 0.256 e. The minimum Gasteiger partial charge on any atom is -0.319 e. The number of amides is 1. The Balaban J connectivity index is 1.96. The summed E-state index contributed by atoms with van der Waals surface area (Å²) < 4.78 is 14.0. The molecule has 0 aromatic heterocycles. The largest absolute Gasteiger partial charge is 0.319 e. The maximum atomic E-state index is 14.0. The molecule has 0 spiro atoms. The van der Waals surface area contributed by atoms with E-state index >= 15 is 0 Å². The van der Waals surface area contributed by atoms with Crippen LogP contribution in [0.2, 0.25) is 5.02 Å². The van der Waals surface area contributed by atoms with Crippen molar-refractivity contribution in [2.75, 3.05) is 5.32 Å². The molecule has 0 saturated heterocycles. The molecule has 0 atom stereocenters. The molecule has 3 rings (SSSR count). The number of carbonyl (C=O) groups is 1. The Morgan fingerprint density at radius 3 is 2.35 bits per heavy atom. The van der Waals surface area contributed by atoms with Crippen molar-refractivity contribution in [3.63, 3.8) is 0 Å². The van der Waals surface area contributed by atoms with E-state index in [2.05, 4.69) is 5.32 Å². The van der Waals surface area contributed by atoms with Gasteiger partial charge in [-0.05, 0) is 29.3 Å². The van der Waals surface area contributed by atoms with Crippen LogP contribution in [-0.4, -0.2) is 5.91 Å². The molecule has 4 heteroatoms. The van der Waals surface area contributed by atoms with E-state index in [0.29, 0.717) is 5.56 Å². The third-order valence-corrected chi connectivity index (χ3v) is 3.75. The Labute approximate surface area is 138 Å². The molecule has 0 saturated carbocycles. The van der Waals surface area contributed by atoms with Crippen LogP contribution in [-0.2, 0) is 0 Å². The number of nitrogens with one attached hydrogen (secondary N) is 1. The van der Waals surface area contributed by atoms with Crippen molar-refractivity contribution in [1.29, 1.82) is 0 Å². The standard InChI is InChI=1S/C19H13ClFNO/c20-16-11-6-12-17(18(16)21)22-19(23)15-10-5-4-9-14(15)13-7-2-1-3-8-13/h1-12H,(H,22,23). The van der Waals surface area contributed by atoms with Crippen LogP contribution in [0.5, 0.6) is 0 Å². The summed E-state index contributed by atoms with van der Waals surface area (Å²) >= 11 is 5.74. The molecule has 0 bridgehead atoms. The summed E-state index contributed by atoms with van der Waals surface area (Å²) in [5, 5.41) is 2.55. The zero-order chi connectivity index (χ0) is 16.2. The number of halogens is 2. The normalized spacial score (nSPS) is 10.3. The molecule has 1 N–H and O–H groups in total. The van der Waals surface area contributed by atoms with E-state index < -0.39 is 5.82 Å². The number of carbonyl (C=O) groups excluding carboxylic acids is 1. The molecule has 0 aliphatic rings. The summed E-state index contributed by atoms with van der Waals surface area (Å²) in [6.45, 7) is 0. The third-order valence-electron chi connectivity index (χ3n) is 3.46. The van der Waals surface area contributed by atoms with Gasteiger partial charge in [0.15, 0.2) is 5.82 Å². The Kier molecular flexibility index (Phi) is 4.40. The highest BCUT2D eigenvalue weighted by Gasteiger charge is 2.15. The zero-order valence-corrected chi connectivity index (χ0v) is 12.8. The molecule has 3 aromatic carbocycles. The van der Waals surface area contributed by atoms with Gasteiger partial charge in [-0.15, -0.1) is 0 Å². The van der Waals surface area contributed by atoms with Crippen LogP contribution in [0, 0.1) is 5.82 Å². The predicted molar refractivity (Wildman–Crippen MR) is 91.2 cm³/mol. The van der Waals surface area contributed by atoms with Gasteiger partial charge in [0.25, 0.3) is 5.91 Å². The summed E-state index contributed by atoms with van der Waals surface area (Å²) in [5.41, 5.74) is 2.24. The predicted octanol–water partition coefficient (Wildman–Crippen LogP) is 5.40. The SMILES string of the molecule is O=C(Nc1cccc(Cl)c1F)c1ccccc1-c1ccccc1. The van der Waals surface area contributed by atoms with Crippen LogP contribution in [0.15, 0.2) is 72.8 Å². The second kappa shape index (κ2) is 6.63. The lowest BCUT2D eigenvalue weighted by Gasteiger charge is -2.11. The van der Waals surface area contributed by atoms with Gasteiger partial charge < -0.3 is 5.32 Å². The van der Waals surface area contributed by atoms with Gasteiger partial charge in [0.1, 0.15) is 0 Å². The van der Waals surface area contributed by atoms with Crippen molar-refractivity contribution < 1.29 is 9.18 Å². The number of anilines is 1. The molecule has 0 heterocycles. The molecule has 0 unspecified atom stereocenters. The van der Waals surface area contributed by atoms with Crippen molar-refractivity contribution in [3.8, 4) is 11.1 Å². The number of benzene rings is 3. The summed E-state index contributed by atoms with van der Waals surface area (Å²) in [5.74, 6) is -1.02. The van der Waals surface area contributed by atoms with Gasteiger partial charge in [-0.3, -0.25) is 4.79 Å². The van der Waals surface area contributed by atoms with E-state index in [1.807, 2.05) is 42.5 Å². The van der Waals surface area contributed by atoms with E-state index in [1.165, 1.54) is 12.1 Å². The molecule has 0 aliphatic carbocycles. The van der Waals surface area contributed by atoms with Crippen LogP contribution in [0.25, 0.3) is 11.1 Å². The molecular weight excluding hydrogens is 313 g/mol. The highest BCUT2D eigenvalue weighted by atomic mass is 35.5. The Morgan fingerprint density at radius 2 is 1.57 bits per heavy atom. The molecule has 0 aliphatic heterocycles. The first kappa shape index (κ1) is 15.3.